The van der Waals surface area contributed by atoms with E-state index in [-0.39, 0.29) is 30.4 Å². The number of anilines is 1. The second-order valence-corrected chi connectivity index (χ2v) is 8.41. The van der Waals surface area contributed by atoms with E-state index < -0.39 is 0 Å². The third-order valence-electron chi connectivity index (χ3n) is 5.70. The molecule has 1 aromatic carbocycles. The monoisotopic (exact) mass is 401 g/mol. The summed E-state index contributed by atoms with van der Waals surface area (Å²) in [5.74, 6) is 0.244. The standard InChI is InChI=1S/C22H31N3O4/c1-16-12-17(2)14-25(13-16)20(26)15-29-21(27)18-8-10-24(11-9-18)22(28)23-19-6-4-3-5-7-19/h3-7,16-18H,8-15H2,1-2H3,(H,23,28)/t16-,17+. The molecule has 158 valence electrons. The molecule has 29 heavy (non-hydrogen) atoms. The van der Waals surface area contributed by atoms with Gasteiger partial charge in [-0.2, -0.15) is 0 Å². The van der Waals surface area contributed by atoms with E-state index in [1.807, 2.05) is 35.2 Å². The largest absolute Gasteiger partial charge is 0.455 e. The van der Waals surface area contributed by atoms with Gasteiger partial charge in [0.2, 0.25) is 0 Å². The van der Waals surface area contributed by atoms with Gasteiger partial charge in [-0.25, -0.2) is 4.79 Å². The highest BCUT2D eigenvalue weighted by Gasteiger charge is 2.30. The number of ether oxygens (including phenoxy) is 1. The number of amides is 3. The molecule has 0 aliphatic carbocycles. The molecule has 2 aliphatic rings. The Bertz CT molecular complexity index is 706. The molecule has 7 heteroatoms. The van der Waals surface area contributed by atoms with Crippen LogP contribution in [0.3, 0.4) is 0 Å². The van der Waals surface area contributed by atoms with Crippen molar-refractivity contribution in [1.82, 2.24) is 9.80 Å². The first kappa shape index (κ1) is 21.1. The highest BCUT2D eigenvalue weighted by molar-refractivity contribution is 5.89. The number of para-hydroxylation sites is 1. The molecule has 0 spiro atoms. The molecule has 1 N–H and O–H groups in total. The molecule has 3 amide bonds. The van der Waals surface area contributed by atoms with E-state index in [4.69, 9.17) is 4.74 Å². The number of carbonyl (C=O) groups excluding carboxylic acids is 3. The van der Waals surface area contributed by atoms with Gasteiger partial charge in [-0.1, -0.05) is 32.0 Å². The summed E-state index contributed by atoms with van der Waals surface area (Å²) >= 11 is 0. The number of likely N-dealkylation sites (tertiary alicyclic amines) is 2. The van der Waals surface area contributed by atoms with E-state index in [2.05, 4.69) is 19.2 Å². The van der Waals surface area contributed by atoms with E-state index in [1.165, 1.54) is 0 Å². The van der Waals surface area contributed by atoms with Crippen LogP contribution in [-0.2, 0) is 14.3 Å². The summed E-state index contributed by atoms with van der Waals surface area (Å²) in [6.45, 7) is 6.55. The van der Waals surface area contributed by atoms with Gasteiger partial charge < -0.3 is 19.9 Å². The predicted molar refractivity (Wildman–Crippen MR) is 110 cm³/mol. The summed E-state index contributed by atoms with van der Waals surface area (Å²) in [4.78, 5) is 40.6. The number of esters is 1. The number of rotatable bonds is 4. The zero-order valence-corrected chi connectivity index (χ0v) is 17.3. The molecule has 2 fully saturated rings. The molecule has 7 nitrogen and oxygen atoms in total. The second kappa shape index (κ2) is 9.76. The summed E-state index contributed by atoms with van der Waals surface area (Å²) in [6.07, 6.45) is 2.22. The van der Waals surface area contributed by atoms with Crippen LogP contribution in [0.1, 0.15) is 33.1 Å². The fraction of sp³-hybridized carbons (Fsp3) is 0.591. The van der Waals surface area contributed by atoms with Crippen LogP contribution in [0.2, 0.25) is 0 Å². The lowest BCUT2D eigenvalue weighted by molar-refractivity contribution is -0.157. The van der Waals surface area contributed by atoms with E-state index in [9.17, 15) is 14.4 Å². The Balaban J connectivity index is 1.39. The lowest BCUT2D eigenvalue weighted by Gasteiger charge is -2.35. The van der Waals surface area contributed by atoms with Crippen LogP contribution in [0.5, 0.6) is 0 Å². The second-order valence-electron chi connectivity index (χ2n) is 8.41. The van der Waals surface area contributed by atoms with E-state index in [0.29, 0.717) is 37.8 Å². The van der Waals surface area contributed by atoms with E-state index in [0.717, 1.165) is 25.2 Å². The van der Waals surface area contributed by atoms with Gasteiger partial charge >= 0.3 is 12.0 Å². The zero-order chi connectivity index (χ0) is 20.8. The maximum atomic E-state index is 12.4. The quantitative estimate of drug-likeness (QED) is 0.787. The van der Waals surface area contributed by atoms with Crippen molar-refractivity contribution in [1.29, 1.82) is 0 Å². The Kier molecular flexibility index (Phi) is 7.12. The van der Waals surface area contributed by atoms with Crippen LogP contribution < -0.4 is 5.32 Å². The third-order valence-corrected chi connectivity index (χ3v) is 5.70. The lowest BCUT2D eigenvalue weighted by Crippen LogP contribution is -2.45. The molecule has 0 radical (unpaired) electrons. The van der Waals surface area contributed by atoms with Crippen molar-refractivity contribution in [3.8, 4) is 0 Å². The van der Waals surface area contributed by atoms with Gasteiger partial charge in [0.15, 0.2) is 6.61 Å². The van der Waals surface area contributed by atoms with Crippen LogP contribution in [0.4, 0.5) is 10.5 Å². The number of benzene rings is 1. The van der Waals surface area contributed by atoms with Crippen molar-refractivity contribution >= 4 is 23.6 Å². The number of carbonyl (C=O) groups is 3. The summed E-state index contributed by atoms with van der Waals surface area (Å²) < 4.78 is 5.31. The highest BCUT2D eigenvalue weighted by Crippen LogP contribution is 2.22. The number of nitrogens with one attached hydrogen (secondary N) is 1. The van der Waals surface area contributed by atoms with Crippen LogP contribution in [0.15, 0.2) is 30.3 Å². The van der Waals surface area contributed by atoms with Crippen molar-refractivity contribution in [2.24, 2.45) is 17.8 Å². The minimum Gasteiger partial charge on any atom is -0.455 e. The summed E-state index contributed by atoms with van der Waals surface area (Å²) in [6, 6.07) is 9.14. The maximum absolute atomic E-state index is 12.4. The first-order valence-electron chi connectivity index (χ1n) is 10.5. The van der Waals surface area contributed by atoms with Crippen molar-refractivity contribution in [2.45, 2.75) is 33.1 Å². The average molecular weight is 402 g/mol. The minimum atomic E-state index is -0.334. The Labute approximate surface area is 172 Å². The number of hydrogen-bond acceptors (Lipinski definition) is 4. The van der Waals surface area contributed by atoms with Gasteiger partial charge in [0.1, 0.15) is 0 Å². The van der Waals surface area contributed by atoms with Gasteiger partial charge in [-0.15, -0.1) is 0 Å². The van der Waals surface area contributed by atoms with Gasteiger partial charge in [-0.05, 0) is 43.2 Å². The average Bonchev–Trinajstić information content (AvgIpc) is 2.72. The molecule has 1 aromatic rings. The first-order chi connectivity index (χ1) is 13.9. The number of nitrogens with zero attached hydrogens (tertiary/aromatic N) is 2. The topological polar surface area (TPSA) is 79.0 Å². The Morgan fingerprint density at radius 3 is 2.24 bits per heavy atom. The van der Waals surface area contributed by atoms with Gasteiger partial charge in [-0.3, -0.25) is 9.59 Å². The van der Waals surface area contributed by atoms with E-state index >= 15 is 0 Å². The fourth-order valence-electron chi connectivity index (χ4n) is 4.25. The van der Waals surface area contributed by atoms with Crippen LogP contribution in [-0.4, -0.2) is 60.5 Å². The Hall–Kier alpha value is -2.57. The first-order valence-corrected chi connectivity index (χ1v) is 10.5. The predicted octanol–water partition coefficient (Wildman–Crippen LogP) is 2.98. The molecule has 2 atom stereocenters. The van der Waals surface area contributed by atoms with Gasteiger partial charge in [0.05, 0.1) is 5.92 Å². The SMILES string of the molecule is C[C@@H]1C[C@H](C)CN(C(=O)COC(=O)C2CCN(C(=O)Nc3ccccc3)CC2)C1. The summed E-state index contributed by atoms with van der Waals surface area (Å²) in [5.41, 5.74) is 0.749. The molecular formula is C22H31N3O4. The van der Waals surface area contributed by atoms with Gasteiger partial charge in [0, 0.05) is 31.9 Å². The Morgan fingerprint density at radius 2 is 1.62 bits per heavy atom. The lowest BCUT2D eigenvalue weighted by atomic mass is 9.92. The van der Waals surface area contributed by atoms with Crippen molar-refractivity contribution < 1.29 is 19.1 Å². The van der Waals surface area contributed by atoms with E-state index in [1.54, 1.807) is 4.90 Å². The molecule has 2 saturated heterocycles. The number of piperidine rings is 2. The molecule has 0 saturated carbocycles. The fourth-order valence-corrected chi connectivity index (χ4v) is 4.25. The van der Waals surface area contributed by atoms with Crippen molar-refractivity contribution in [3.63, 3.8) is 0 Å². The van der Waals surface area contributed by atoms with Crippen LogP contribution in [0.25, 0.3) is 0 Å². The van der Waals surface area contributed by atoms with Crippen molar-refractivity contribution in [3.05, 3.63) is 30.3 Å². The van der Waals surface area contributed by atoms with Crippen LogP contribution in [0, 0.1) is 17.8 Å². The molecule has 2 heterocycles. The molecule has 2 aliphatic heterocycles. The normalized spacial score (nSPS) is 22.8. The summed E-state index contributed by atoms with van der Waals surface area (Å²) in [5, 5.41) is 2.86. The summed E-state index contributed by atoms with van der Waals surface area (Å²) in [7, 11) is 0. The van der Waals surface area contributed by atoms with Crippen molar-refractivity contribution in [2.75, 3.05) is 38.1 Å². The highest BCUT2D eigenvalue weighted by atomic mass is 16.5. The maximum Gasteiger partial charge on any atom is 0.321 e. The van der Waals surface area contributed by atoms with Crippen LogP contribution >= 0.6 is 0 Å². The van der Waals surface area contributed by atoms with Gasteiger partial charge in [0.25, 0.3) is 5.91 Å². The Morgan fingerprint density at radius 1 is 1.00 bits per heavy atom. The zero-order valence-electron chi connectivity index (χ0n) is 17.3. The molecule has 0 unspecified atom stereocenters. The number of urea groups is 1. The molecule has 3 rings (SSSR count). The smallest absolute Gasteiger partial charge is 0.321 e. The molecule has 0 aromatic heterocycles. The third kappa shape index (κ3) is 5.95. The molecule has 0 bridgehead atoms. The molecular weight excluding hydrogens is 370 g/mol. The number of hydrogen-bond donors (Lipinski definition) is 1. The minimum absolute atomic E-state index is 0.114.